The molecule has 1 aliphatic carbocycles. The number of hydrogen-bond acceptors (Lipinski definition) is 6. The predicted octanol–water partition coefficient (Wildman–Crippen LogP) is 4.82. The number of nitrogens with one attached hydrogen (secondary N) is 1. The second-order valence-electron chi connectivity index (χ2n) is 7.34. The Morgan fingerprint density at radius 1 is 1.19 bits per heavy atom. The minimum atomic E-state index is -0.0900. The fraction of sp³-hybridized carbons (Fsp3) is 0.273. The van der Waals surface area contributed by atoms with Gasteiger partial charge in [0.05, 0.1) is 22.0 Å². The summed E-state index contributed by atoms with van der Waals surface area (Å²) in [6.45, 7) is 2.80. The number of benzene rings is 1. The molecule has 1 N–H and O–H groups in total. The first-order valence-corrected chi connectivity index (χ1v) is 12.1. The van der Waals surface area contributed by atoms with Crippen LogP contribution >= 0.6 is 23.1 Å². The van der Waals surface area contributed by atoms with Gasteiger partial charge in [0, 0.05) is 18.5 Å². The molecule has 158 valence electrons. The molecule has 0 atom stereocenters. The normalized spacial score (nSPS) is 13.5. The fourth-order valence-corrected chi connectivity index (χ4v) is 4.93. The Morgan fingerprint density at radius 3 is 2.74 bits per heavy atom. The molecule has 1 fully saturated rings. The molecule has 1 aliphatic rings. The zero-order valence-electron chi connectivity index (χ0n) is 17.1. The largest absolute Gasteiger partial charge is 0.310 e. The topological polar surface area (TPSA) is 77.6 Å². The van der Waals surface area contributed by atoms with Gasteiger partial charge in [-0.1, -0.05) is 36.0 Å². The number of aromatic nitrogens is 5. The van der Waals surface area contributed by atoms with Crippen molar-refractivity contribution in [1.29, 1.82) is 0 Å². The first kappa shape index (κ1) is 20.0. The molecule has 0 saturated heterocycles. The van der Waals surface area contributed by atoms with Crippen LogP contribution in [0.1, 0.15) is 31.4 Å². The molecule has 31 heavy (non-hydrogen) atoms. The van der Waals surface area contributed by atoms with E-state index in [0.717, 1.165) is 46.6 Å². The van der Waals surface area contributed by atoms with E-state index in [9.17, 15) is 4.79 Å². The molecule has 3 heterocycles. The van der Waals surface area contributed by atoms with Crippen LogP contribution in [0.4, 0.5) is 5.82 Å². The number of anilines is 1. The highest BCUT2D eigenvalue weighted by atomic mass is 32.2. The van der Waals surface area contributed by atoms with Gasteiger partial charge < -0.3 is 9.88 Å². The minimum Gasteiger partial charge on any atom is -0.310 e. The summed E-state index contributed by atoms with van der Waals surface area (Å²) in [6.07, 6.45) is 2.32. The lowest BCUT2D eigenvalue weighted by Gasteiger charge is -2.09. The number of thiophene rings is 1. The Kier molecular flexibility index (Phi) is 5.61. The van der Waals surface area contributed by atoms with Crippen molar-refractivity contribution >= 4 is 34.8 Å². The number of carbonyl (C=O) groups excluding carboxylic acids is 1. The number of nitrogens with zero attached hydrogens (tertiary/aromatic N) is 5. The van der Waals surface area contributed by atoms with Gasteiger partial charge in [-0.05, 0) is 43.3 Å². The smallest absolute Gasteiger partial charge is 0.236 e. The molecule has 0 spiro atoms. The van der Waals surface area contributed by atoms with E-state index in [0.29, 0.717) is 11.7 Å². The lowest BCUT2D eigenvalue weighted by Crippen LogP contribution is -2.17. The molecular formula is C22H22N6OS2. The summed E-state index contributed by atoms with van der Waals surface area (Å²) in [5.41, 5.74) is 1.97. The number of carbonyl (C=O) groups is 1. The van der Waals surface area contributed by atoms with Crippen LogP contribution in [0.5, 0.6) is 0 Å². The van der Waals surface area contributed by atoms with E-state index >= 15 is 0 Å². The van der Waals surface area contributed by atoms with Crippen LogP contribution in [0.25, 0.3) is 16.4 Å². The second kappa shape index (κ2) is 8.68. The van der Waals surface area contributed by atoms with E-state index in [1.165, 1.54) is 11.8 Å². The molecule has 1 amide bonds. The summed E-state index contributed by atoms with van der Waals surface area (Å²) < 4.78 is 3.86. The van der Waals surface area contributed by atoms with E-state index in [-0.39, 0.29) is 11.7 Å². The van der Waals surface area contributed by atoms with E-state index in [4.69, 9.17) is 5.10 Å². The van der Waals surface area contributed by atoms with Crippen molar-refractivity contribution in [2.45, 2.75) is 37.4 Å². The Balaban J connectivity index is 1.31. The molecule has 7 nitrogen and oxygen atoms in total. The van der Waals surface area contributed by atoms with Gasteiger partial charge in [-0.3, -0.25) is 4.79 Å². The molecule has 3 aromatic heterocycles. The number of hydrogen-bond donors (Lipinski definition) is 1. The molecule has 5 rings (SSSR count). The SMILES string of the molecule is CCn1c(SCC(=O)Nc2cc(C3CC3)nn2-c2ccccc2)nnc1-c1cccs1. The highest BCUT2D eigenvalue weighted by molar-refractivity contribution is 7.99. The van der Waals surface area contributed by atoms with Gasteiger partial charge in [-0.25, -0.2) is 4.68 Å². The maximum atomic E-state index is 12.8. The monoisotopic (exact) mass is 450 g/mol. The first-order valence-electron chi connectivity index (χ1n) is 10.3. The number of para-hydroxylation sites is 1. The Morgan fingerprint density at radius 2 is 2.03 bits per heavy atom. The van der Waals surface area contributed by atoms with Gasteiger partial charge in [-0.15, -0.1) is 21.5 Å². The van der Waals surface area contributed by atoms with Crippen LogP contribution in [0.15, 0.2) is 59.1 Å². The van der Waals surface area contributed by atoms with Crippen molar-refractivity contribution in [3.8, 4) is 16.4 Å². The number of rotatable bonds is 8. The van der Waals surface area contributed by atoms with Crippen LogP contribution in [-0.4, -0.2) is 36.2 Å². The standard InChI is InChI=1S/C22H22N6OS2/c1-2-27-21(18-9-6-12-30-18)24-25-22(27)31-14-20(29)23-19-13-17(15-10-11-15)26-28(19)16-7-4-3-5-8-16/h3-9,12-13,15H,2,10-11,14H2,1H3,(H,23,29). The molecule has 0 radical (unpaired) electrons. The Hall–Kier alpha value is -2.91. The first-order chi connectivity index (χ1) is 15.2. The number of amides is 1. The van der Waals surface area contributed by atoms with Gasteiger partial charge in [0.2, 0.25) is 5.91 Å². The van der Waals surface area contributed by atoms with E-state index in [2.05, 4.69) is 22.4 Å². The molecule has 0 unspecified atom stereocenters. The molecule has 0 bridgehead atoms. The maximum Gasteiger partial charge on any atom is 0.236 e. The van der Waals surface area contributed by atoms with Crippen molar-refractivity contribution in [3.63, 3.8) is 0 Å². The highest BCUT2D eigenvalue weighted by Crippen LogP contribution is 2.40. The summed E-state index contributed by atoms with van der Waals surface area (Å²) in [7, 11) is 0. The molecule has 1 aromatic carbocycles. The average molecular weight is 451 g/mol. The van der Waals surface area contributed by atoms with Crippen molar-refractivity contribution < 1.29 is 4.79 Å². The molecule has 9 heteroatoms. The van der Waals surface area contributed by atoms with Crippen LogP contribution in [0.2, 0.25) is 0 Å². The van der Waals surface area contributed by atoms with Crippen molar-refractivity contribution in [3.05, 3.63) is 59.6 Å². The molecule has 1 saturated carbocycles. The molecular weight excluding hydrogens is 428 g/mol. The third-order valence-electron chi connectivity index (χ3n) is 5.10. The Bertz CT molecular complexity index is 1180. The summed E-state index contributed by atoms with van der Waals surface area (Å²) in [6, 6.07) is 15.9. The van der Waals surface area contributed by atoms with Crippen LogP contribution in [0, 0.1) is 0 Å². The summed E-state index contributed by atoms with van der Waals surface area (Å²) in [4.78, 5) is 13.8. The summed E-state index contributed by atoms with van der Waals surface area (Å²) >= 11 is 3.03. The van der Waals surface area contributed by atoms with Crippen LogP contribution in [0.3, 0.4) is 0 Å². The highest BCUT2D eigenvalue weighted by Gasteiger charge is 2.28. The lowest BCUT2D eigenvalue weighted by atomic mass is 10.3. The number of thioether (sulfide) groups is 1. The van der Waals surface area contributed by atoms with Crippen molar-refractivity contribution in [2.24, 2.45) is 0 Å². The minimum absolute atomic E-state index is 0.0900. The predicted molar refractivity (Wildman–Crippen MR) is 124 cm³/mol. The van der Waals surface area contributed by atoms with Gasteiger partial charge in [-0.2, -0.15) is 5.10 Å². The van der Waals surface area contributed by atoms with Crippen molar-refractivity contribution in [2.75, 3.05) is 11.1 Å². The average Bonchev–Trinajstić information content (AvgIpc) is 3.17. The maximum absolute atomic E-state index is 12.8. The third-order valence-corrected chi connectivity index (χ3v) is 6.93. The van der Waals surface area contributed by atoms with E-state index < -0.39 is 0 Å². The Labute approximate surface area is 188 Å². The fourth-order valence-electron chi connectivity index (χ4n) is 3.41. The summed E-state index contributed by atoms with van der Waals surface area (Å²) in [5, 5.41) is 19.2. The van der Waals surface area contributed by atoms with E-state index in [1.807, 2.05) is 63.2 Å². The van der Waals surface area contributed by atoms with Gasteiger partial charge in [0.15, 0.2) is 11.0 Å². The lowest BCUT2D eigenvalue weighted by molar-refractivity contribution is -0.113. The quantitative estimate of drug-likeness (QED) is 0.390. The van der Waals surface area contributed by atoms with Gasteiger partial charge in [0.25, 0.3) is 0 Å². The van der Waals surface area contributed by atoms with Gasteiger partial charge >= 0.3 is 0 Å². The zero-order chi connectivity index (χ0) is 21.2. The molecule has 0 aliphatic heterocycles. The molecule has 4 aromatic rings. The van der Waals surface area contributed by atoms with Crippen LogP contribution < -0.4 is 5.32 Å². The van der Waals surface area contributed by atoms with Crippen LogP contribution in [-0.2, 0) is 11.3 Å². The zero-order valence-corrected chi connectivity index (χ0v) is 18.7. The summed E-state index contributed by atoms with van der Waals surface area (Å²) in [5.74, 6) is 2.22. The van der Waals surface area contributed by atoms with Gasteiger partial charge in [0.1, 0.15) is 5.82 Å². The van der Waals surface area contributed by atoms with Crippen molar-refractivity contribution in [1.82, 2.24) is 24.5 Å². The second-order valence-corrected chi connectivity index (χ2v) is 9.23. The van der Waals surface area contributed by atoms with E-state index in [1.54, 1.807) is 11.3 Å². The third kappa shape index (κ3) is 4.28.